The molecule has 3 aliphatic rings. The lowest BCUT2D eigenvalue weighted by Crippen LogP contribution is -2.52. The van der Waals surface area contributed by atoms with Crippen LogP contribution in [0.15, 0.2) is 24.0 Å². The fraction of sp³-hybridized carbons (Fsp3) is 0.474. The maximum Gasteiger partial charge on any atom is 0.249 e. The average molecular weight is 328 g/mol. The third-order valence-electron chi connectivity index (χ3n) is 5.58. The van der Waals surface area contributed by atoms with Crippen molar-refractivity contribution in [2.75, 3.05) is 13.1 Å². The van der Waals surface area contributed by atoms with Gasteiger partial charge in [0.1, 0.15) is 0 Å². The number of hydrogen-bond acceptors (Lipinski definition) is 3. The van der Waals surface area contributed by atoms with Crippen LogP contribution in [0.2, 0.25) is 0 Å². The van der Waals surface area contributed by atoms with Crippen molar-refractivity contribution < 1.29 is 13.6 Å². The SMILES string of the molecule is C#CC1=C(N2CCC3(CC2)CC(F)(F)C3)c2ccncc2CC1=O. The predicted octanol–water partition coefficient (Wildman–Crippen LogP) is 3.06. The van der Waals surface area contributed by atoms with Crippen molar-refractivity contribution in [3.8, 4) is 12.3 Å². The Labute approximate surface area is 139 Å². The number of nitrogens with zero attached hydrogens (tertiary/aromatic N) is 2. The van der Waals surface area contributed by atoms with Crippen LogP contribution in [0, 0.1) is 17.8 Å². The smallest absolute Gasteiger partial charge is 0.249 e. The number of aromatic nitrogens is 1. The first kappa shape index (κ1) is 15.3. The Morgan fingerprint density at radius 3 is 2.58 bits per heavy atom. The molecule has 24 heavy (non-hydrogen) atoms. The van der Waals surface area contributed by atoms with E-state index in [1.807, 2.05) is 6.07 Å². The van der Waals surface area contributed by atoms with E-state index in [2.05, 4.69) is 15.8 Å². The average Bonchev–Trinajstić information content (AvgIpc) is 2.52. The van der Waals surface area contributed by atoms with Gasteiger partial charge in [-0.2, -0.15) is 0 Å². The monoisotopic (exact) mass is 328 g/mol. The summed E-state index contributed by atoms with van der Waals surface area (Å²) in [6.07, 6.45) is 10.7. The maximum atomic E-state index is 13.3. The molecule has 5 heteroatoms. The molecule has 0 bridgehead atoms. The summed E-state index contributed by atoms with van der Waals surface area (Å²) in [6.45, 7) is 1.32. The summed E-state index contributed by atoms with van der Waals surface area (Å²) in [5, 5.41) is 0. The molecular weight excluding hydrogens is 310 g/mol. The number of carbonyl (C=O) groups excluding carboxylic acids is 1. The predicted molar refractivity (Wildman–Crippen MR) is 86.1 cm³/mol. The normalized spacial score (nSPS) is 24.4. The number of Topliss-reactive ketones (excluding diaryl/α,β-unsaturated/α-hetero) is 1. The number of piperidine rings is 1. The molecule has 124 valence electrons. The molecule has 0 N–H and O–H groups in total. The summed E-state index contributed by atoms with van der Waals surface area (Å²) in [6, 6.07) is 1.89. The number of alkyl halides is 2. The van der Waals surface area contributed by atoms with Gasteiger partial charge in [0.25, 0.3) is 0 Å². The summed E-state index contributed by atoms with van der Waals surface area (Å²) in [4.78, 5) is 18.6. The molecule has 2 heterocycles. The molecular formula is C19H18F2N2O. The van der Waals surface area contributed by atoms with Gasteiger partial charge in [-0.3, -0.25) is 9.78 Å². The third-order valence-corrected chi connectivity index (χ3v) is 5.58. The van der Waals surface area contributed by atoms with Crippen molar-refractivity contribution in [1.29, 1.82) is 0 Å². The Hall–Kier alpha value is -2.22. The molecule has 0 atom stereocenters. The van der Waals surface area contributed by atoms with Gasteiger partial charge in [-0.25, -0.2) is 8.78 Å². The number of hydrogen-bond donors (Lipinski definition) is 0. The number of likely N-dealkylation sites (tertiary alicyclic amines) is 1. The number of rotatable bonds is 1. The van der Waals surface area contributed by atoms with Crippen LogP contribution in [0.1, 0.15) is 36.8 Å². The molecule has 2 fully saturated rings. The lowest BCUT2D eigenvalue weighted by Gasteiger charge is -2.52. The van der Waals surface area contributed by atoms with Crippen LogP contribution in [0.5, 0.6) is 0 Å². The van der Waals surface area contributed by atoms with Crippen LogP contribution in [0.3, 0.4) is 0 Å². The summed E-state index contributed by atoms with van der Waals surface area (Å²) < 4.78 is 26.6. The van der Waals surface area contributed by atoms with Gasteiger partial charge >= 0.3 is 0 Å². The van der Waals surface area contributed by atoms with Crippen LogP contribution in [0.25, 0.3) is 5.70 Å². The number of ketones is 1. The van der Waals surface area contributed by atoms with Gasteiger partial charge in [-0.15, -0.1) is 6.42 Å². The number of allylic oxidation sites excluding steroid dienone is 1. The maximum absolute atomic E-state index is 13.3. The minimum absolute atomic E-state index is 0.00563. The Bertz CT molecular complexity index is 773. The largest absolute Gasteiger partial charge is 0.370 e. The lowest BCUT2D eigenvalue weighted by molar-refractivity contribution is -0.175. The third kappa shape index (κ3) is 2.32. The number of terminal acetylenes is 1. The molecule has 0 unspecified atom stereocenters. The summed E-state index contributed by atoms with van der Waals surface area (Å²) in [5.41, 5.74) is 2.80. The van der Waals surface area contributed by atoms with E-state index in [0.29, 0.717) is 18.7 Å². The zero-order valence-electron chi connectivity index (χ0n) is 13.3. The Morgan fingerprint density at radius 2 is 1.96 bits per heavy atom. The Balaban J connectivity index is 1.63. The summed E-state index contributed by atoms with van der Waals surface area (Å²) >= 11 is 0. The molecule has 1 saturated carbocycles. The molecule has 1 spiro atoms. The highest BCUT2D eigenvalue weighted by Gasteiger charge is 2.56. The van der Waals surface area contributed by atoms with Crippen molar-refractivity contribution in [3.63, 3.8) is 0 Å². The summed E-state index contributed by atoms with van der Waals surface area (Å²) in [7, 11) is 0. The highest BCUT2D eigenvalue weighted by Crippen LogP contribution is 2.57. The van der Waals surface area contributed by atoms with Crippen molar-refractivity contribution in [2.24, 2.45) is 5.41 Å². The molecule has 2 aliphatic carbocycles. The first-order valence-electron chi connectivity index (χ1n) is 8.23. The Kier molecular flexibility index (Phi) is 3.28. The van der Waals surface area contributed by atoms with Crippen LogP contribution >= 0.6 is 0 Å². The van der Waals surface area contributed by atoms with E-state index in [1.165, 1.54) is 0 Å². The van der Waals surface area contributed by atoms with Crippen molar-refractivity contribution in [3.05, 3.63) is 35.2 Å². The number of fused-ring (bicyclic) bond motifs is 1. The zero-order valence-corrected chi connectivity index (χ0v) is 13.3. The van der Waals surface area contributed by atoms with Crippen LogP contribution in [0.4, 0.5) is 8.78 Å². The number of pyridine rings is 1. The second-order valence-electron chi connectivity index (χ2n) is 7.20. The van der Waals surface area contributed by atoms with E-state index in [1.54, 1.807) is 12.4 Å². The molecule has 1 aliphatic heterocycles. The molecule has 1 aromatic rings. The van der Waals surface area contributed by atoms with Gasteiger partial charge in [0.05, 0.1) is 11.3 Å². The topological polar surface area (TPSA) is 33.2 Å². The van der Waals surface area contributed by atoms with Crippen molar-refractivity contribution in [2.45, 2.75) is 38.0 Å². The van der Waals surface area contributed by atoms with E-state index in [9.17, 15) is 13.6 Å². The second-order valence-corrected chi connectivity index (χ2v) is 7.20. The zero-order chi connectivity index (χ0) is 16.9. The number of halogens is 2. The van der Waals surface area contributed by atoms with E-state index in [4.69, 9.17) is 6.42 Å². The van der Waals surface area contributed by atoms with Gasteiger partial charge in [0, 0.05) is 50.3 Å². The van der Waals surface area contributed by atoms with E-state index < -0.39 is 5.92 Å². The van der Waals surface area contributed by atoms with E-state index >= 15 is 0 Å². The van der Waals surface area contributed by atoms with Gasteiger partial charge in [-0.05, 0) is 29.9 Å². The molecule has 1 saturated heterocycles. The van der Waals surface area contributed by atoms with E-state index in [0.717, 1.165) is 29.7 Å². The standard InChI is InChI=1S/C19H18F2N2O/c1-2-14-16(24)9-13-10-22-6-3-15(13)17(14)23-7-4-18(5-8-23)11-19(20,21)12-18/h1,3,6,10H,4-5,7-9,11-12H2. The van der Waals surface area contributed by atoms with Gasteiger partial charge in [0.2, 0.25) is 5.92 Å². The van der Waals surface area contributed by atoms with Crippen molar-refractivity contribution >= 4 is 11.5 Å². The van der Waals surface area contributed by atoms with Gasteiger partial charge in [0.15, 0.2) is 5.78 Å². The minimum Gasteiger partial charge on any atom is -0.370 e. The van der Waals surface area contributed by atoms with E-state index in [-0.39, 0.29) is 30.5 Å². The first-order chi connectivity index (χ1) is 11.4. The molecule has 1 aromatic heterocycles. The van der Waals surface area contributed by atoms with Crippen LogP contribution < -0.4 is 0 Å². The van der Waals surface area contributed by atoms with Gasteiger partial charge in [-0.1, -0.05) is 5.92 Å². The molecule has 4 rings (SSSR count). The quantitative estimate of drug-likeness (QED) is 0.743. The molecule has 0 aromatic carbocycles. The van der Waals surface area contributed by atoms with Gasteiger partial charge < -0.3 is 4.90 Å². The second kappa shape index (κ2) is 5.14. The highest BCUT2D eigenvalue weighted by molar-refractivity contribution is 6.10. The van der Waals surface area contributed by atoms with Crippen molar-refractivity contribution in [1.82, 2.24) is 9.88 Å². The van der Waals surface area contributed by atoms with Crippen LogP contribution in [-0.4, -0.2) is 34.7 Å². The minimum atomic E-state index is -2.50. The fourth-order valence-electron chi connectivity index (χ4n) is 4.41. The molecule has 0 amide bonds. The molecule has 0 radical (unpaired) electrons. The summed E-state index contributed by atoms with van der Waals surface area (Å²) in [5.74, 6) is -0.0100. The lowest BCUT2D eigenvalue weighted by atomic mass is 9.61. The Morgan fingerprint density at radius 1 is 1.25 bits per heavy atom. The number of carbonyl (C=O) groups is 1. The van der Waals surface area contributed by atoms with Crippen LogP contribution in [-0.2, 0) is 11.2 Å². The molecule has 3 nitrogen and oxygen atoms in total. The first-order valence-corrected chi connectivity index (χ1v) is 8.23. The highest BCUT2D eigenvalue weighted by atomic mass is 19.3. The fourth-order valence-corrected chi connectivity index (χ4v) is 4.41.